The van der Waals surface area contributed by atoms with Crippen molar-refractivity contribution in [3.8, 4) is 0 Å². The van der Waals surface area contributed by atoms with Gasteiger partial charge >= 0.3 is 30.3 Å². The molecule has 0 heterocycles. The number of halogens is 6. The molecule has 4 N–H and O–H groups in total. The van der Waals surface area contributed by atoms with Gasteiger partial charge in [-0.05, 0) is 47.3 Å². The number of aliphatic carboxylic acids is 3. The lowest BCUT2D eigenvalue weighted by Gasteiger charge is -2.23. The fraction of sp³-hybridized carbons (Fsp3) is 0.312. The first-order valence-corrected chi connectivity index (χ1v) is 16.3. The minimum Gasteiger partial charge on any atom is -0.481 e. The second kappa shape index (κ2) is 21.7. The Morgan fingerprint density at radius 3 is 1.50 bits per heavy atom. The smallest absolute Gasteiger partial charge is 0.481 e. The molecule has 1 amide bonds. The molecule has 3 aromatic rings. The lowest BCUT2D eigenvalue weighted by molar-refractivity contribution is -0.385. The van der Waals surface area contributed by atoms with E-state index in [1.807, 2.05) is 12.3 Å². The van der Waals surface area contributed by atoms with Gasteiger partial charge in [-0.1, -0.05) is 36.4 Å². The maximum Gasteiger partial charge on any atom is 0.490 e. The van der Waals surface area contributed by atoms with Crippen molar-refractivity contribution in [3.05, 3.63) is 115 Å². The number of carboxylic acid groups (broad SMARTS) is 3. The lowest BCUT2D eigenvalue weighted by Crippen LogP contribution is -2.37. The molecule has 1 atom stereocenters. The maximum atomic E-state index is 13.0. The van der Waals surface area contributed by atoms with E-state index in [1.165, 1.54) is 24.3 Å². The minimum atomic E-state index is -5.08. The first-order chi connectivity index (χ1) is 25.0. The highest BCUT2D eigenvalue weighted by Gasteiger charge is 2.38. The number of carbonyl (C=O) groups excluding carboxylic acids is 1. The molecule has 0 saturated carbocycles. The van der Waals surface area contributed by atoms with Gasteiger partial charge in [-0.3, -0.25) is 34.7 Å². The van der Waals surface area contributed by atoms with Crippen LogP contribution in [-0.2, 0) is 34.0 Å². The number of nitrogens with one attached hydrogen (secondary N) is 1. The summed E-state index contributed by atoms with van der Waals surface area (Å²) in [6.07, 6.45) is -7.87. The zero-order valence-corrected chi connectivity index (χ0v) is 28.7. The fourth-order valence-electron chi connectivity index (χ4n) is 4.16. The van der Waals surface area contributed by atoms with Crippen LogP contribution in [0.3, 0.4) is 0 Å². The molecule has 0 aromatic heterocycles. The van der Waals surface area contributed by atoms with Crippen LogP contribution in [0.25, 0.3) is 0 Å². The van der Waals surface area contributed by atoms with Crippen molar-refractivity contribution in [2.24, 2.45) is 0 Å². The van der Waals surface area contributed by atoms with Crippen molar-refractivity contribution < 1.29 is 70.7 Å². The molecule has 0 radical (unpaired) electrons. The van der Waals surface area contributed by atoms with Crippen LogP contribution in [0.15, 0.2) is 72.8 Å². The Morgan fingerprint density at radius 2 is 1.15 bits per heavy atom. The summed E-state index contributed by atoms with van der Waals surface area (Å²) in [5.74, 6) is -6.13. The molecule has 0 bridgehead atoms. The molecule has 0 saturated heterocycles. The summed E-state index contributed by atoms with van der Waals surface area (Å²) in [5, 5.41) is 48.4. The Morgan fingerprint density at radius 1 is 0.741 bits per heavy atom. The third-order valence-electron chi connectivity index (χ3n) is 6.61. The number of nitro benzene ring substituents is 2. The standard InChI is InChI=1S/C28H30N4O7S.2C2HF3O2/c1-40-14-13-24(16-27(33)34)29-28(35)23-4-2-3-22(15-23)19-30(17-20-5-9-25(10-6-20)31(36)37)18-21-7-11-26(12-8-21)32(38)39;2*3-2(4,5)1(6)7/h2-12,15,24H,13-14,16-19H2,1H3,(H,29,35)(H,33,34);2*(H,6,7)/t24-;;/m1../s1. The van der Waals surface area contributed by atoms with Crippen molar-refractivity contribution in [1.82, 2.24) is 10.2 Å². The molecule has 0 aliphatic heterocycles. The largest absolute Gasteiger partial charge is 0.490 e. The SMILES string of the molecule is CSCC[C@H](CC(=O)O)NC(=O)c1cccc(CN(Cc2ccc([N+](=O)[O-])cc2)Cc2ccc([N+](=O)[O-])cc2)c1.O=C(O)C(F)(F)F.O=C(O)C(F)(F)F. The van der Waals surface area contributed by atoms with Crippen molar-refractivity contribution in [2.45, 2.75) is 50.9 Å². The number of rotatable bonds is 15. The molecule has 0 aliphatic rings. The van der Waals surface area contributed by atoms with Gasteiger partial charge in [-0.15, -0.1) is 0 Å². The predicted octanol–water partition coefficient (Wildman–Crippen LogP) is 6.30. The number of alkyl halides is 6. The van der Waals surface area contributed by atoms with Crippen molar-refractivity contribution in [3.63, 3.8) is 0 Å². The highest BCUT2D eigenvalue weighted by Crippen LogP contribution is 2.20. The third-order valence-corrected chi connectivity index (χ3v) is 7.26. The van der Waals surface area contributed by atoms with Gasteiger partial charge in [0.25, 0.3) is 17.3 Å². The Kier molecular flexibility index (Phi) is 18.6. The summed E-state index contributed by atoms with van der Waals surface area (Å²) in [7, 11) is 0. The van der Waals surface area contributed by atoms with Gasteiger partial charge in [0.05, 0.1) is 16.3 Å². The highest BCUT2D eigenvalue weighted by atomic mass is 32.2. The van der Waals surface area contributed by atoms with Gasteiger partial charge < -0.3 is 20.6 Å². The Hall–Kier alpha value is -5.77. The van der Waals surface area contributed by atoms with Gasteiger partial charge in [-0.2, -0.15) is 38.1 Å². The van der Waals surface area contributed by atoms with Gasteiger partial charge in [0.2, 0.25) is 0 Å². The molecule has 3 rings (SSSR count). The van der Waals surface area contributed by atoms with E-state index in [4.69, 9.17) is 19.8 Å². The Bertz CT molecular complexity index is 1660. The normalized spacial score (nSPS) is 11.6. The van der Waals surface area contributed by atoms with Crippen molar-refractivity contribution in [2.75, 3.05) is 12.0 Å². The Labute approximate surface area is 305 Å². The zero-order chi connectivity index (χ0) is 41.2. The number of thioether (sulfide) groups is 1. The molecule has 22 heteroatoms. The Balaban J connectivity index is 0.000000879. The van der Waals surface area contributed by atoms with E-state index in [1.54, 1.807) is 54.2 Å². The number of nitrogens with zero attached hydrogens (tertiary/aromatic N) is 3. The fourth-order valence-corrected chi connectivity index (χ4v) is 4.68. The molecule has 3 aromatic carbocycles. The highest BCUT2D eigenvalue weighted by molar-refractivity contribution is 7.98. The van der Waals surface area contributed by atoms with Crippen LogP contribution in [0.5, 0.6) is 0 Å². The van der Waals surface area contributed by atoms with Crippen LogP contribution in [-0.4, -0.2) is 84.3 Å². The summed E-state index contributed by atoms with van der Waals surface area (Å²) >= 11 is 1.58. The summed E-state index contributed by atoms with van der Waals surface area (Å²) in [4.78, 5) is 65.2. The quantitative estimate of drug-likeness (QED) is 0.0753. The number of carbonyl (C=O) groups is 4. The molecule has 15 nitrogen and oxygen atoms in total. The topological polar surface area (TPSA) is 231 Å². The van der Waals surface area contributed by atoms with Gasteiger partial charge in [0, 0.05) is 55.5 Å². The predicted molar refractivity (Wildman–Crippen MR) is 179 cm³/mol. The van der Waals surface area contributed by atoms with E-state index in [-0.39, 0.29) is 23.7 Å². The lowest BCUT2D eigenvalue weighted by atomic mass is 10.1. The maximum absolute atomic E-state index is 13.0. The third kappa shape index (κ3) is 18.1. The number of non-ortho nitro benzene ring substituents is 2. The van der Waals surface area contributed by atoms with E-state index in [0.29, 0.717) is 31.6 Å². The van der Waals surface area contributed by atoms with E-state index in [9.17, 15) is 61.3 Å². The number of benzene rings is 3. The van der Waals surface area contributed by atoms with Crippen molar-refractivity contribution in [1.29, 1.82) is 0 Å². The average Bonchev–Trinajstić information content (AvgIpc) is 3.07. The molecule has 0 aliphatic carbocycles. The van der Waals surface area contributed by atoms with Gasteiger partial charge in [0.1, 0.15) is 0 Å². The number of nitro groups is 2. The number of hydrogen-bond donors (Lipinski definition) is 4. The van der Waals surface area contributed by atoms with Crippen molar-refractivity contribution >= 4 is 47.0 Å². The van der Waals surface area contributed by atoms with E-state index >= 15 is 0 Å². The molecule has 54 heavy (non-hydrogen) atoms. The first-order valence-electron chi connectivity index (χ1n) is 14.9. The minimum absolute atomic E-state index is 0.0110. The summed E-state index contributed by atoms with van der Waals surface area (Å²) in [6, 6.07) is 19.1. The van der Waals surface area contributed by atoms with Crippen LogP contribution in [0, 0.1) is 20.2 Å². The second-order valence-corrected chi connectivity index (χ2v) is 11.8. The van der Waals surface area contributed by atoms with Gasteiger partial charge in [-0.25, -0.2) is 9.59 Å². The molecule has 0 unspecified atom stereocenters. The van der Waals surface area contributed by atoms with Crippen LogP contribution in [0.1, 0.15) is 39.9 Å². The molecular weight excluding hydrogens is 762 g/mol. The van der Waals surface area contributed by atoms with Crippen LogP contribution < -0.4 is 5.32 Å². The zero-order valence-electron chi connectivity index (χ0n) is 27.9. The number of carboxylic acids is 3. The number of amides is 1. The van der Waals surface area contributed by atoms with E-state index in [0.717, 1.165) is 22.4 Å². The summed E-state index contributed by atoms with van der Waals surface area (Å²) < 4.78 is 63.5. The van der Waals surface area contributed by atoms with Gasteiger partial charge in [0.15, 0.2) is 0 Å². The first kappa shape index (κ1) is 46.3. The summed E-state index contributed by atoms with van der Waals surface area (Å²) in [5.41, 5.74) is 2.89. The monoisotopic (exact) mass is 794 g/mol. The number of hydrogen-bond acceptors (Lipinski definition) is 10. The summed E-state index contributed by atoms with van der Waals surface area (Å²) in [6.45, 7) is 1.28. The van der Waals surface area contributed by atoms with Crippen LogP contribution in [0.2, 0.25) is 0 Å². The van der Waals surface area contributed by atoms with Crippen LogP contribution >= 0.6 is 11.8 Å². The van der Waals surface area contributed by atoms with Crippen LogP contribution in [0.4, 0.5) is 37.7 Å². The second-order valence-electron chi connectivity index (χ2n) is 10.8. The molecular formula is C32H32F6N4O11S. The molecule has 0 fully saturated rings. The van der Waals surface area contributed by atoms with E-state index < -0.39 is 46.1 Å². The molecule has 294 valence electrons. The average molecular weight is 795 g/mol. The molecule has 0 spiro atoms. The van der Waals surface area contributed by atoms with E-state index in [2.05, 4.69) is 10.2 Å².